The molecule has 10 heteroatoms. The number of pyridine rings is 1. The van der Waals surface area contributed by atoms with E-state index in [1.807, 2.05) is 0 Å². The molecule has 0 aliphatic carbocycles. The number of sulfonamides is 1. The molecule has 3 rings (SSSR count). The van der Waals surface area contributed by atoms with Crippen molar-refractivity contribution in [1.29, 1.82) is 0 Å². The highest BCUT2D eigenvalue weighted by molar-refractivity contribution is 7.92. The summed E-state index contributed by atoms with van der Waals surface area (Å²) in [4.78, 5) is 35.8. The summed E-state index contributed by atoms with van der Waals surface area (Å²) >= 11 is 0. The number of rotatable bonds is 4. The molecule has 0 fully saturated rings. The van der Waals surface area contributed by atoms with Crippen molar-refractivity contribution in [3.05, 3.63) is 64.1 Å². The van der Waals surface area contributed by atoms with Gasteiger partial charge < -0.3 is 4.57 Å². The summed E-state index contributed by atoms with van der Waals surface area (Å²) in [6, 6.07) is 8.99. The molecule has 0 saturated heterocycles. The van der Waals surface area contributed by atoms with Crippen LogP contribution in [0.3, 0.4) is 0 Å². The minimum atomic E-state index is -3.41. The minimum Gasteiger partial charge on any atom is -0.306 e. The Morgan fingerprint density at radius 1 is 1.18 bits per heavy atom. The van der Waals surface area contributed by atoms with Gasteiger partial charge in [0, 0.05) is 23.9 Å². The molecule has 2 amide bonds. The zero-order chi connectivity index (χ0) is 20.5. The number of carbonyl (C=O) groups is 2. The SMILES string of the molecule is C[C@@H]1Cc2cc(C(=O)NNC(=O)Cn3ccccc3=O)ccc2N1S(C)(=O)=O. The van der Waals surface area contributed by atoms with Crippen LogP contribution in [0.4, 0.5) is 5.69 Å². The van der Waals surface area contributed by atoms with E-state index in [-0.39, 0.29) is 18.1 Å². The van der Waals surface area contributed by atoms with Crippen molar-refractivity contribution in [3.8, 4) is 0 Å². The highest BCUT2D eigenvalue weighted by Gasteiger charge is 2.32. The van der Waals surface area contributed by atoms with Crippen molar-refractivity contribution in [2.45, 2.75) is 25.9 Å². The number of fused-ring (bicyclic) bond motifs is 1. The van der Waals surface area contributed by atoms with Crippen LogP contribution in [-0.2, 0) is 27.8 Å². The van der Waals surface area contributed by atoms with E-state index in [4.69, 9.17) is 0 Å². The van der Waals surface area contributed by atoms with Crippen molar-refractivity contribution < 1.29 is 18.0 Å². The Labute approximate surface area is 162 Å². The number of anilines is 1. The number of hydrogen-bond acceptors (Lipinski definition) is 5. The van der Waals surface area contributed by atoms with Gasteiger partial charge in [0.25, 0.3) is 17.4 Å². The van der Waals surface area contributed by atoms with Crippen LogP contribution in [0.25, 0.3) is 0 Å². The molecule has 1 aromatic carbocycles. The first-order valence-corrected chi connectivity index (χ1v) is 10.4. The van der Waals surface area contributed by atoms with Crippen LogP contribution in [0.5, 0.6) is 0 Å². The van der Waals surface area contributed by atoms with Gasteiger partial charge in [-0.15, -0.1) is 0 Å². The van der Waals surface area contributed by atoms with E-state index in [9.17, 15) is 22.8 Å². The van der Waals surface area contributed by atoms with Crippen molar-refractivity contribution >= 4 is 27.5 Å². The van der Waals surface area contributed by atoms with Crippen molar-refractivity contribution in [2.75, 3.05) is 10.6 Å². The molecule has 0 radical (unpaired) electrons. The van der Waals surface area contributed by atoms with Gasteiger partial charge in [-0.1, -0.05) is 6.07 Å². The van der Waals surface area contributed by atoms with Crippen molar-refractivity contribution in [3.63, 3.8) is 0 Å². The molecule has 1 aromatic heterocycles. The van der Waals surface area contributed by atoms with Crippen LogP contribution in [-0.4, -0.2) is 37.1 Å². The number of nitrogens with one attached hydrogen (secondary N) is 2. The molecule has 9 nitrogen and oxygen atoms in total. The second kappa shape index (κ2) is 7.47. The first-order valence-electron chi connectivity index (χ1n) is 8.54. The third kappa shape index (κ3) is 4.06. The Kier molecular flexibility index (Phi) is 5.23. The summed E-state index contributed by atoms with van der Waals surface area (Å²) in [5.74, 6) is -1.10. The zero-order valence-corrected chi connectivity index (χ0v) is 16.2. The lowest BCUT2D eigenvalue weighted by molar-refractivity contribution is -0.122. The van der Waals surface area contributed by atoms with Gasteiger partial charge in [0.15, 0.2) is 0 Å². The fourth-order valence-corrected chi connectivity index (χ4v) is 4.50. The highest BCUT2D eigenvalue weighted by Crippen LogP contribution is 2.34. The summed E-state index contributed by atoms with van der Waals surface area (Å²) in [6.07, 6.45) is 3.11. The van der Waals surface area contributed by atoms with E-state index < -0.39 is 21.8 Å². The molecule has 28 heavy (non-hydrogen) atoms. The van der Waals surface area contributed by atoms with Crippen molar-refractivity contribution in [1.82, 2.24) is 15.4 Å². The fraction of sp³-hybridized carbons (Fsp3) is 0.278. The van der Waals surface area contributed by atoms with Gasteiger partial charge >= 0.3 is 0 Å². The summed E-state index contributed by atoms with van der Waals surface area (Å²) in [7, 11) is -3.41. The van der Waals surface area contributed by atoms with Crippen LogP contribution in [0, 0.1) is 0 Å². The fourth-order valence-electron chi connectivity index (χ4n) is 3.23. The second-order valence-corrected chi connectivity index (χ2v) is 8.48. The summed E-state index contributed by atoms with van der Waals surface area (Å²) in [6.45, 7) is 1.57. The zero-order valence-electron chi connectivity index (χ0n) is 15.4. The Morgan fingerprint density at radius 3 is 2.61 bits per heavy atom. The largest absolute Gasteiger partial charge is 0.306 e. The lowest BCUT2D eigenvalue weighted by Crippen LogP contribution is -2.44. The standard InChI is InChI=1S/C18H20N4O5S/c1-12-9-14-10-13(6-7-15(14)22(12)28(2,26)27)18(25)20-19-16(23)11-21-8-4-3-5-17(21)24/h3-8,10,12H,9,11H2,1-2H3,(H,19,23)(H,20,25)/t12-/m1/s1. The normalized spacial score (nSPS) is 15.8. The Hall–Kier alpha value is -3.14. The molecule has 0 spiro atoms. The molecule has 148 valence electrons. The monoisotopic (exact) mass is 404 g/mol. The first-order chi connectivity index (χ1) is 13.2. The third-order valence-corrected chi connectivity index (χ3v) is 5.65. The van der Waals surface area contributed by atoms with Crippen LogP contribution in [0.2, 0.25) is 0 Å². The molecule has 1 aliphatic heterocycles. The van der Waals surface area contributed by atoms with Gasteiger partial charge in [-0.05, 0) is 43.2 Å². The third-order valence-electron chi connectivity index (χ3n) is 4.38. The molecule has 2 heterocycles. The van der Waals surface area contributed by atoms with E-state index in [1.165, 1.54) is 27.2 Å². The minimum absolute atomic E-state index is 0.229. The summed E-state index contributed by atoms with van der Waals surface area (Å²) in [5.41, 5.74) is 5.82. The molecule has 2 aromatic rings. The van der Waals surface area contributed by atoms with Crippen LogP contribution in [0.1, 0.15) is 22.8 Å². The van der Waals surface area contributed by atoms with E-state index in [0.29, 0.717) is 17.7 Å². The Morgan fingerprint density at radius 2 is 1.93 bits per heavy atom. The lowest BCUT2D eigenvalue weighted by Gasteiger charge is -2.21. The molecular weight excluding hydrogens is 384 g/mol. The van der Waals surface area contributed by atoms with Crippen molar-refractivity contribution in [2.24, 2.45) is 0 Å². The van der Waals surface area contributed by atoms with Gasteiger partial charge in [0.1, 0.15) is 6.54 Å². The molecule has 0 unspecified atom stereocenters. The quantitative estimate of drug-likeness (QED) is 0.697. The predicted octanol–water partition coefficient (Wildman–Crippen LogP) is 0.0201. The van der Waals surface area contributed by atoms with E-state index in [2.05, 4.69) is 10.9 Å². The summed E-state index contributed by atoms with van der Waals surface area (Å²) < 4.78 is 26.4. The number of hydrogen-bond donors (Lipinski definition) is 2. The average molecular weight is 404 g/mol. The lowest BCUT2D eigenvalue weighted by atomic mass is 10.1. The maximum Gasteiger partial charge on any atom is 0.269 e. The van der Waals surface area contributed by atoms with Crippen LogP contribution < -0.4 is 20.7 Å². The number of aromatic nitrogens is 1. The number of benzene rings is 1. The smallest absolute Gasteiger partial charge is 0.269 e. The van der Waals surface area contributed by atoms with Gasteiger partial charge in [0.05, 0.1) is 11.9 Å². The molecule has 0 bridgehead atoms. The first kappa shape index (κ1) is 19.6. The van der Waals surface area contributed by atoms with Gasteiger partial charge in [-0.3, -0.25) is 29.5 Å². The Bertz CT molecular complexity index is 1090. The number of hydrazine groups is 1. The van der Waals surface area contributed by atoms with E-state index in [0.717, 1.165) is 11.8 Å². The topological polar surface area (TPSA) is 118 Å². The van der Waals surface area contributed by atoms with E-state index in [1.54, 1.807) is 31.2 Å². The summed E-state index contributed by atoms with van der Waals surface area (Å²) in [5, 5.41) is 0. The maximum atomic E-state index is 12.3. The highest BCUT2D eigenvalue weighted by atomic mass is 32.2. The molecule has 1 atom stereocenters. The molecule has 1 aliphatic rings. The van der Waals surface area contributed by atoms with Crippen LogP contribution in [0.15, 0.2) is 47.4 Å². The number of amides is 2. The van der Waals surface area contributed by atoms with E-state index >= 15 is 0 Å². The average Bonchev–Trinajstić information content (AvgIpc) is 2.96. The molecular formula is C18H20N4O5S. The molecule has 2 N–H and O–H groups in total. The van der Waals surface area contributed by atoms with Gasteiger partial charge in [-0.25, -0.2) is 8.42 Å². The number of carbonyl (C=O) groups excluding carboxylic acids is 2. The van der Waals surface area contributed by atoms with Gasteiger partial charge in [0.2, 0.25) is 10.0 Å². The molecule has 0 saturated carbocycles. The second-order valence-electron chi connectivity index (χ2n) is 6.62. The Balaban J connectivity index is 1.66. The number of nitrogens with zero attached hydrogens (tertiary/aromatic N) is 2. The maximum absolute atomic E-state index is 12.3. The van der Waals surface area contributed by atoms with Crippen LogP contribution >= 0.6 is 0 Å². The van der Waals surface area contributed by atoms with Gasteiger partial charge in [-0.2, -0.15) is 0 Å². The predicted molar refractivity (Wildman–Crippen MR) is 103 cm³/mol.